The summed E-state index contributed by atoms with van der Waals surface area (Å²) in [6.45, 7) is 3.65. The lowest BCUT2D eigenvalue weighted by Gasteiger charge is -2.20. The fraction of sp³-hybridized carbons (Fsp3) is 0.630. The Hall–Kier alpha value is -3.37. The molecule has 0 fully saturated rings. The van der Waals surface area contributed by atoms with Gasteiger partial charge in [0.2, 0.25) is 0 Å². The number of carboxylic acid groups (broad SMARTS) is 1. The zero-order valence-corrected chi connectivity index (χ0v) is 41.4. The minimum atomic E-state index is -4.65. The van der Waals surface area contributed by atoms with Crippen molar-refractivity contribution in [1.82, 2.24) is 0 Å². The molecule has 0 aromatic carbocycles. The van der Waals surface area contributed by atoms with Crippen LogP contribution in [0, 0.1) is 0 Å². The van der Waals surface area contributed by atoms with Gasteiger partial charge in [0.1, 0.15) is 12.1 Å². The van der Waals surface area contributed by atoms with Crippen LogP contribution in [0.25, 0.3) is 0 Å². The van der Waals surface area contributed by atoms with Crippen molar-refractivity contribution in [2.45, 2.75) is 193 Å². The second kappa shape index (κ2) is 48.6. The van der Waals surface area contributed by atoms with Gasteiger partial charge in [-0.2, -0.15) is 0 Å². The van der Waals surface area contributed by atoms with Gasteiger partial charge in [-0.05, 0) is 96.3 Å². The highest BCUT2D eigenvalue weighted by molar-refractivity contribution is 7.47. The summed E-state index contributed by atoms with van der Waals surface area (Å²) in [4.78, 5) is 33.7. The fourth-order valence-corrected chi connectivity index (χ4v) is 6.99. The smallest absolute Gasteiger partial charge is 0.472 e. The number of aliphatic carboxylic acids is 1. The number of hydrogen-bond acceptors (Lipinski definition) is 8. The summed E-state index contributed by atoms with van der Waals surface area (Å²) in [6.07, 6.45) is 65.8. The van der Waals surface area contributed by atoms with Gasteiger partial charge in [0.25, 0.3) is 0 Å². The molecule has 0 spiro atoms. The van der Waals surface area contributed by atoms with Gasteiger partial charge in [-0.1, -0.05) is 187 Å². The summed E-state index contributed by atoms with van der Waals surface area (Å²) in [5.41, 5.74) is 5.37. The number of esters is 1. The van der Waals surface area contributed by atoms with Crippen molar-refractivity contribution < 1.29 is 42.7 Å². The average Bonchev–Trinajstić information content (AvgIpc) is 3.29. The van der Waals surface area contributed by atoms with Crippen LogP contribution in [0.3, 0.4) is 0 Å². The normalized spacial score (nSPS) is 14.6. The molecule has 0 aromatic heterocycles. The minimum Gasteiger partial charge on any atom is -0.480 e. The van der Waals surface area contributed by atoms with Crippen LogP contribution < -0.4 is 5.73 Å². The zero-order chi connectivity index (χ0) is 47.6. The number of phosphoric acid groups is 1. The van der Waals surface area contributed by atoms with E-state index in [1.54, 1.807) is 0 Å². The highest BCUT2D eigenvalue weighted by atomic mass is 31.2. The molecule has 0 aliphatic carbocycles. The summed E-state index contributed by atoms with van der Waals surface area (Å²) < 4.78 is 33.4. The molecule has 370 valence electrons. The number of hydrogen-bond donors (Lipinski definition) is 3. The summed E-state index contributed by atoms with van der Waals surface area (Å²) >= 11 is 0. The molecule has 0 aliphatic heterocycles. The molecular formula is C54H90NO9P. The van der Waals surface area contributed by atoms with Crippen LogP contribution in [-0.4, -0.2) is 60.5 Å². The van der Waals surface area contributed by atoms with Crippen molar-refractivity contribution in [3.05, 3.63) is 109 Å². The number of nitrogens with two attached hydrogens (primary N) is 1. The molecule has 0 aliphatic rings. The molecule has 0 heterocycles. The van der Waals surface area contributed by atoms with E-state index in [2.05, 4.69) is 117 Å². The number of carbonyl (C=O) groups is 2. The van der Waals surface area contributed by atoms with E-state index in [0.29, 0.717) is 19.4 Å². The third kappa shape index (κ3) is 48.4. The Labute approximate surface area is 395 Å². The molecule has 0 saturated carbocycles. The Bertz CT molecular complexity index is 1440. The van der Waals surface area contributed by atoms with Crippen molar-refractivity contribution in [3.63, 3.8) is 0 Å². The lowest BCUT2D eigenvalue weighted by molar-refractivity contribution is -0.154. The van der Waals surface area contributed by atoms with Gasteiger partial charge in [-0.25, -0.2) is 4.57 Å². The van der Waals surface area contributed by atoms with E-state index in [4.69, 9.17) is 29.4 Å². The number of ether oxygens (including phenoxy) is 2. The molecule has 0 radical (unpaired) electrons. The number of unbranched alkanes of at least 4 members (excludes halogenated alkanes) is 14. The molecule has 0 bridgehead atoms. The molecular weight excluding hydrogens is 838 g/mol. The van der Waals surface area contributed by atoms with Gasteiger partial charge < -0.3 is 25.2 Å². The molecule has 11 heteroatoms. The second-order valence-electron chi connectivity index (χ2n) is 16.2. The lowest BCUT2D eigenvalue weighted by Crippen LogP contribution is -2.34. The quantitative estimate of drug-likeness (QED) is 0.0233. The molecule has 10 nitrogen and oxygen atoms in total. The first kappa shape index (κ1) is 61.6. The Balaban J connectivity index is 4.31. The molecule has 0 rings (SSSR count). The van der Waals surface area contributed by atoms with Gasteiger partial charge >= 0.3 is 19.8 Å². The van der Waals surface area contributed by atoms with Crippen molar-refractivity contribution in [1.29, 1.82) is 0 Å². The highest BCUT2D eigenvalue weighted by Gasteiger charge is 2.27. The van der Waals surface area contributed by atoms with Crippen LogP contribution in [-0.2, 0) is 32.7 Å². The van der Waals surface area contributed by atoms with E-state index in [-0.39, 0.29) is 13.0 Å². The maximum Gasteiger partial charge on any atom is 0.472 e. The topological polar surface area (TPSA) is 155 Å². The third-order valence-corrected chi connectivity index (χ3v) is 11.0. The molecule has 0 amide bonds. The maximum atomic E-state index is 12.7. The number of rotatable bonds is 46. The van der Waals surface area contributed by atoms with E-state index in [9.17, 15) is 19.0 Å². The van der Waals surface area contributed by atoms with Gasteiger partial charge in [-0.3, -0.25) is 18.6 Å². The fourth-order valence-electron chi connectivity index (χ4n) is 6.21. The van der Waals surface area contributed by atoms with Crippen LogP contribution in [0.2, 0.25) is 0 Å². The molecule has 0 aromatic rings. The Morgan fingerprint density at radius 2 is 0.892 bits per heavy atom. The van der Waals surface area contributed by atoms with E-state index >= 15 is 0 Å². The number of allylic oxidation sites excluding steroid dienone is 18. The highest BCUT2D eigenvalue weighted by Crippen LogP contribution is 2.43. The first-order valence-electron chi connectivity index (χ1n) is 24.9. The Kier molecular flexibility index (Phi) is 46.0. The van der Waals surface area contributed by atoms with Crippen LogP contribution in [0.4, 0.5) is 0 Å². The standard InChI is InChI=1S/C54H90NO9P/c1-3-5-7-9-11-13-15-17-19-21-23-25-26-27-28-30-32-34-36-38-40-42-44-46-53(56)64-51(49-62-65(59,60)63-50-52(55)54(57)58)48-61-47-45-43-41-39-37-35-33-31-29-24-22-20-18-16-14-12-10-8-6-4-2/h5,7,11-14,17-20,23,25,27-28,32,34,38,40,51-52H,3-4,6,8-10,15-16,21-22,24,26,29-31,33,35-37,39,41-50,55H2,1-2H3,(H,57,58)(H,59,60)/b7-5-,13-11-,14-12-,19-17-,20-18-,25-23-,28-27-,34-32-,40-38-. The van der Waals surface area contributed by atoms with E-state index in [1.165, 1.54) is 77.0 Å². The van der Waals surface area contributed by atoms with Crippen LogP contribution >= 0.6 is 7.82 Å². The zero-order valence-electron chi connectivity index (χ0n) is 40.5. The van der Waals surface area contributed by atoms with Crippen molar-refractivity contribution >= 4 is 19.8 Å². The largest absolute Gasteiger partial charge is 0.480 e. The van der Waals surface area contributed by atoms with Crippen LogP contribution in [0.15, 0.2) is 109 Å². The molecule has 0 saturated heterocycles. The lowest BCUT2D eigenvalue weighted by atomic mass is 10.1. The molecule has 3 atom stereocenters. The predicted molar refractivity (Wildman–Crippen MR) is 272 cm³/mol. The summed E-state index contributed by atoms with van der Waals surface area (Å²) in [6, 6.07) is -1.49. The number of phosphoric ester groups is 1. The van der Waals surface area contributed by atoms with E-state index in [1.807, 2.05) is 6.08 Å². The SMILES string of the molecule is CC/C=C\C/C=C\C/C=C\C/C=C\C/C=C\C/C=C\C/C=C\CCCC(=O)OC(COCCCCCCCCCCCC/C=C\C/C=C\CCCCC)COP(=O)(O)OCC(N)C(=O)O. The summed E-state index contributed by atoms with van der Waals surface area (Å²) in [5, 5.41) is 8.93. The molecule has 65 heavy (non-hydrogen) atoms. The predicted octanol–water partition coefficient (Wildman–Crippen LogP) is 14.6. The van der Waals surface area contributed by atoms with Gasteiger partial charge in [0, 0.05) is 13.0 Å². The first-order valence-corrected chi connectivity index (χ1v) is 26.4. The average molecular weight is 928 g/mol. The number of carbonyl (C=O) groups excluding carboxylic acids is 1. The van der Waals surface area contributed by atoms with Gasteiger partial charge in [0.05, 0.1) is 19.8 Å². The monoisotopic (exact) mass is 928 g/mol. The first-order chi connectivity index (χ1) is 31.7. The van der Waals surface area contributed by atoms with Crippen molar-refractivity contribution in [2.24, 2.45) is 5.73 Å². The maximum absolute atomic E-state index is 12.7. The third-order valence-electron chi connectivity index (χ3n) is 10.0. The molecule has 3 unspecified atom stereocenters. The van der Waals surface area contributed by atoms with Crippen LogP contribution in [0.1, 0.15) is 181 Å². The van der Waals surface area contributed by atoms with E-state index < -0.39 is 45.1 Å². The van der Waals surface area contributed by atoms with Gasteiger partial charge in [0.15, 0.2) is 0 Å². The van der Waals surface area contributed by atoms with Crippen LogP contribution in [0.5, 0.6) is 0 Å². The summed E-state index contributed by atoms with van der Waals surface area (Å²) in [5.74, 6) is -1.85. The Morgan fingerprint density at radius 1 is 0.508 bits per heavy atom. The van der Waals surface area contributed by atoms with Crippen molar-refractivity contribution in [3.8, 4) is 0 Å². The van der Waals surface area contributed by atoms with Gasteiger partial charge in [-0.15, -0.1) is 0 Å². The minimum absolute atomic E-state index is 0.0157. The number of carboxylic acids is 1. The summed E-state index contributed by atoms with van der Waals surface area (Å²) in [7, 11) is -4.65. The second-order valence-corrected chi connectivity index (χ2v) is 17.7. The Morgan fingerprint density at radius 3 is 1.34 bits per heavy atom. The molecule has 4 N–H and O–H groups in total. The van der Waals surface area contributed by atoms with E-state index in [0.717, 1.165) is 70.6 Å². The van der Waals surface area contributed by atoms with Crippen molar-refractivity contribution in [2.75, 3.05) is 26.4 Å².